The first kappa shape index (κ1) is 15.1. The van der Waals surface area contributed by atoms with E-state index in [4.69, 9.17) is 0 Å². The van der Waals surface area contributed by atoms with Crippen molar-refractivity contribution in [3.8, 4) is 0 Å². The fourth-order valence-corrected chi connectivity index (χ4v) is 2.36. The molecule has 2 N–H and O–H groups in total. The second-order valence-electron chi connectivity index (χ2n) is 5.66. The van der Waals surface area contributed by atoms with Gasteiger partial charge in [-0.1, -0.05) is 0 Å². The number of nitrogens with one attached hydrogen (secondary N) is 2. The lowest BCUT2D eigenvalue weighted by Gasteiger charge is -2.25. The third-order valence-electron chi connectivity index (χ3n) is 2.40. The van der Waals surface area contributed by atoms with E-state index in [1.54, 1.807) is 11.3 Å². The number of carbonyl (C=O) groups excluding carboxylic acids is 1. The molecule has 1 aromatic rings. The molecule has 1 aromatic heterocycles. The molecule has 0 aliphatic heterocycles. The zero-order valence-corrected chi connectivity index (χ0v) is 12.8. The minimum Gasteiger partial charge on any atom is -0.350 e. The normalized spacial score (nSPS) is 15.2. The number of nitrogens with zero attached hydrogens (tertiary/aromatic N) is 1. The Morgan fingerprint density at radius 3 is 2.44 bits per heavy atom. The van der Waals surface area contributed by atoms with Crippen LogP contribution in [0.25, 0.3) is 0 Å². The molecule has 0 aromatic carbocycles. The molecule has 2 unspecified atom stereocenters. The molecular formula is C13H23N3OS. The summed E-state index contributed by atoms with van der Waals surface area (Å²) in [5.74, 6) is 0.0163. The number of amides is 1. The van der Waals surface area contributed by atoms with Crippen LogP contribution in [0.5, 0.6) is 0 Å². The Balaban J connectivity index is 2.54. The van der Waals surface area contributed by atoms with Gasteiger partial charge in [0, 0.05) is 16.6 Å². The van der Waals surface area contributed by atoms with Gasteiger partial charge < -0.3 is 5.32 Å². The maximum Gasteiger partial charge on any atom is 0.237 e. The second kappa shape index (κ2) is 5.80. The van der Waals surface area contributed by atoms with Crippen LogP contribution in [0.2, 0.25) is 0 Å². The summed E-state index contributed by atoms with van der Waals surface area (Å²) in [6.45, 7) is 11.9. The van der Waals surface area contributed by atoms with E-state index in [-0.39, 0.29) is 23.5 Å². The molecule has 1 heterocycles. The van der Waals surface area contributed by atoms with E-state index in [0.29, 0.717) is 0 Å². The van der Waals surface area contributed by atoms with Gasteiger partial charge in [-0.15, -0.1) is 11.3 Å². The second-order valence-corrected chi connectivity index (χ2v) is 6.92. The first-order chi connectivity index (χ1) is 8.19. The molecule has 18 heavy (non-hydrogen) atoms. The molecule has 4 nitrogen and oxygen atoms in total. The Bertz CT molecular complexity index is 409. The van der Waals surface area contributed by atoms with Crippen LogP contribution in [-0.2, 0) is 4.79 Å². The Hall–Kier alpha value is -0.940. The summed E-state index contributed by atoms with van der Waals surface area (Å²) in [7, 11) is 0. The zero-order chi connectivity index (χ0) is 13.9. The van der Waals surface area contributed by atoms with Crippen molar-refractivity contribution in [2.24, 2.45) is 0 Å². The van der Waals surface area contributed by atoms with Crippen LogP contribution in [0.15, 0.2) is 6.20 Å². The molecule has 0 saturated carbocycles. The summed E-state index contributed by atoms with van der Waals surface area (Å²) >= 11 is 1.66. The average molecular weight is 269 g/mol. The lowest BCUT2D eigenvalue weighted by Crippen LogP contribution is -2.49. The molecule has 0 fully saturated rings. The average Bonchev–Trinajstić information content (AvgIpc) is 2.62. The highest BCUT2D eigenvalue weighted by Crippen LogP contribution is 2.19. The predicted octanol–water partition coefficient (Wildman–Crippen LogP) is 2.41. The molecule has 102 valence electrons. The lowest BCUT2D eigenvalue weighted by molar-refractivity contribution is -0.124. The first-order valence-corrected chi connectivity index (χ1v) is 7.01. The van der Waals surface area contributed by atoms with Crippen LogP contribution < -0.4 is 10.6 Å². The van der Waals surface area contributed by atoms with Crippen molar-refractivity contribution in [3.63, 3.8) is 0 Å². The highest BCUT2D eigenvalue weighted by atomic mass is 32.1. The minimum absolute atomic E-state index is 0.0163. The van der Waals surface area contributed by atoms with Gasteiger partial charge in [-0.3, -0.25) is 10.1 Å². The molecule has 2 atom stereocenters. The summed E-state index contributed by atoms with van der Waals surface area (Å²) in [4.78, 5) is 17.5. The van der Waals surface area contributed by atoms with Gasteiger partial charge in [0.25, 0.3) is 0 Å². The number of carbonyl (C=O) groups is 1. The largest absolute Gasteiger partial charge is 0.350 e. The lowest BCUT2D eigenvalue weighted by atomic mass is 10.1. The van der Waals surface area contributed by atoms with Crippen LogP contribution in [0.1, 0.15) is 50.5 Å². The van der Waals surface area contributed by atoms with Gasteiger partial charge in [0.2, 0.25) is 5.91 Å². The van der Waals surface area contributed by atoms with E-state index in [1.807, 2.05) is 47.7 Å². The topological polar surface area (TPSA) is 54.0 Å². The fraction of sp³-hybridized carbons (Fsp3) is 0.692. The van der Waals surface area contributed by atoms with Crippen molar-refractivity contribution >= 4 is 17.2 Å². The van der Waals surface area contributed by atoms with Gasteiger partial charge >= 0.3 is 0 Å². The van der Waals surface area contributed by atoms with Crippen LogP contribution in [0.3, 0.4) is 0 Å². The summed E-state index contributed by atoms with van der Waals surface area (Å²) in [6.07, 6.45) is 1.86. The third-order valence-corrected chi connectivity index (χ3v) is 3.50. The molecule has 0 spiro atoms. The van der Waals surface area contributed by atoms with Crippen molar-refractivity contribution in [1.29, 1.82) is 0 Å². The van der Waals surface area contributed by atoms with Gasteiger partial charge in [-0.05, 0) is 41.5 Å². The number of hydrogen-bond donors (Lipinski definition) is 2. The Morgan fingerprint density at radius 2 is 2.00 bits per heavy atom. The van der Waals surface area contributed by atoms with E-state index in [1.165, 1.54) is 4.88 Å². The van der Waals surface area contributed by atoms with E-state index >= 15 is 0 Å². The zero-order valence-electron chi connectivity index (χ0n) is 12.0. The number of aromatic nitrogens is 1. The highest BCUT2D eigenvalue weighted by molar-refractivity contribution is 7.11. The van der Waals surface area contributed by atoms with Gasteiger partial charge in [-0.2, -0.15) is 0 Å². The SMILES string of the molecule is Cc1cnc(C(C)NC(C)C(=O)NC(C)(C)C)s1. The van der Waals surface area contributed by atoms with Crippen molar-refractivity contribution in [2.75, 3.05) is 0 Å². The molecule has 1 rings (SSSR count). The van der Waals surface area contributed by atoms with Gasteiger partial charge in [0.05, 0.1) is 12.1 Å². The van der Waals surface area contributed by atoms with Crippen LogP contribution in [-0.4, -0.2) is 22.5 Å². The molecule has 1 amide bonds. The number of thiazole rings is 1. The standard InChI is InChI=1S/C13H23N3OS/c1-8-7-14-12(18-8)10(3)15-9(2)11(17)16-13(4,5)6/h7,9-10,15H,1-6H3,(H,16,17). The predicted molar refractivity (Wildman–Crippen MR) is 75.8 cm³/mol. The molecule has 0 aliphatic rings. The highest BCUT2D eigenvalue weighted by Gasteiger charge is 2.21. The van der Waals surface area contributed by atoms with E-state index in [2.05, 4.69) is 15.6 Å². The van der Waals surface area contributed by atoms with E-state index in [9.17, 15) is 4.79 Å². The monoisotopic (exact) mass is 269 g/mol. The molecular weight excluding hydrogens is 246 g/mol. The van der Waals surface area contributed by atoms with Crippen LogP contribution >= 0.6 is 11.3 Å². The Labute approximate surface area is 113 Å². The molecule has 0 radical (unpaired) electrons. The van der Waals surface area contributed by atoms with E-state index < -0.39 is 0 Å². The van der Waals surface area contributed by atoms with Crippen molar-refractivity contribution < 1.29 is 4.79 Å². The summed E-state index contributed by atoms with van der Waals surface area (Å²) in [6, 6.07) is -0.146. The Morgan fingerprint density at radius 1 is 1.39 bits per heavy atom. The van der Waals surface area contributed by atoms with Crippen LogP contribution in [0, 0.1) is 6.92 Å². The quantitative estimate of drug-likeness (QED) is 0.882. The van der Waals surface area contributed by atoms with Gasteiger partial charge in [0.15, 0.2) is 0 Å². The molecule has 0 aliphatic carbocycles. The molecule has 5 heteroatoms. The minimum atomic E-state index is -0.233. The summed E-state index contributed by atoms with van der Waals surface area (Å²) in [5.41, 5.74) is -0.200. The first-order valence-electron chi connectivity index (χ1n) is 6.19. The fourth-order valence-electron chi connectivity index (χ4n) is 1.57. The van der Waals surface area contributed by atoms with Crippen LogP contribution in [0.4, 0.5) is 0 Å². The number of aryl methyl sites for hydroxylation is 1. The molecule has 0 bridgehead atoms. The number of rotatable bonds is 4. The maximum atomic E-state index is 11.9. The maximum absolute atomic E-state index is 11.9. The van der Waals surface area contributed by atoms with Crippen molar-refractivity contribution in [2.45, 2.75) is 59.2 Å². The Kier molecular flexibility index (Phi) is 4.87. The van der Waals surface area contributed by atoms with Gasteiger partial charge in [0.1, 0.15) is 5.01 Å². The summed E-state index contributed by atoms with van der Waals surface area (Å²) in [5, 5.41) is 7.25. The molecule has 0 saturated heterocycles. The van der Waals surface area contributed by atoms with Crippen molar-refractivity contribution in [3.05, 3.63) is 16.1 Å². The number of hydrogen-bond acceptors (Lipinski definition) is 4. The third kappa shape index (κ3) is 4.74. The van der Waals surface area contributed by atoms with Gasteiger partial charge in [-0.25, -0.2) is 4.98 Å². The van der Waals surface area contributed by atoms with Crippen molar-refractivity contribution in [1.82, 2.24) is 15.6 Å². The smallest absolute Gasteiger partial charge is 0.237 e. The summed E-state index contributed by atoms with van der Waals surface area (Å²) < 4.78 is 0. The van der Waals surface area contributed by atoms with E-state index in [0.717, 1.165) is 5.01 Å².